The lowest BCUT2D eigenvalue weighted by molar-refractivity contribution is -0.141. The number of carboxylic acids is 1. The second kappa shape index (κ2) is 7.03. The van der Waals surface area contributed by atoms with Crippen LogP contribution in [0.2, 0.25) is 0 Å². The zero-order valence-corrected chi connectivity index (χ0v) is 16.1. The molecule has 2 aromatic heterocycles. The third-order valence-electron chi connectivity index (χ3n) is 4.69. The number of carboxylic acid groups (broad SMARTS) is 1. The fraction of sp³-hybridized carbons (Fsp3) is 0.350. The molecule has 3 aromatic rings. The summed E-state index contributed by atoms with van der Waals surface area (Å²) in [4.78, 5) is 29.9. The first-order chi connectivity index (χ1) is 12.3. The molecule has 26 heavy (non-hydrogen) atoms. The van der Waals surface area contributed by atoms with Gasteiger partial charge in [-0.15, -0.1) is 11.3 Å². The van der Waals surface area contributed by atoms with Crippen LogP contribution in [0.1, 0.15) is 50.5 Å². The molecule has 0 saturated heterocycles. The van der Waals surface area contributed by atoms with Crippen LogP contribution in [0, 0.1) is 6.92 Å². The van der Waals surface area contributed by atoms with E-state index in [0.29, 0.717) is 28.4 Å². The molecule has 0 aliphatic rings. The molecule has 1 atom stereocenters. The Hall–Kier alpha value is -2.47. The van der Waals surface area contributed by atoms with E-state index in [1.807, 2.05) is 17.5 Å². The highest BCUT2D eigenvalue weighted by Crippen LogP contribution is 2.32. The van der Waals surface area contributed by atoms with Gasteiger partial charge in [-0.1, -0.05) is 45.0 Å². The average molecular weight is 370 g/mol. The van der Waals surface area contributed by atoms with Gasteiger partial charge >= 0.3 is 5.97 Å². The topological polar surface area (TPSA) is 72.2 Å². The van der Waals surface area contributed by atoms with Crippen molar-refractivity contribution in [2.75, 3.05) is 0 Å². The molecule has 5 nitrogen and oxygen atoms in total. The Labute approximate surface area is 155 Å². The lowest BCUT2D eigenvalue weighted by atomic mass is 9.99. The highest BCUT2D eigenvalue weighted by atomic mass is 32.1. The highest BCUT2D eigenvalue weighted by Gasteiger charge is 2.24. The number of hydrogen-bond donors (Lipinski definition) is 1. The molecule has 136 valence electrons. The summed E-state index contributed by atoms with van der Waals surface area (Å²) in [5.41, 5.74) is 2.70. The first-order valence-electron chi connectivity index (χ1n) is 8.68. The van der Waals surface area contributed by atoms with Crippen LogP contribution in [-0.4, -0.2) is 20.6 Å². The van der Waals surface area contributed by atoms with Crippen LogP contribution in [-0.2, 0) is 4.79 Å². The number of carbonyl (C=O) groups is 1. The molecule has 0 spiro atoms. The van der Waals surface area contributed by atoms with Gasteiger partial charge in [0, 0.05) is 10.9 Å². The van der Waals surface area contributed by atoms with Crippen LogP contribution >= 0.6 is 11.3 Å². The molecule has 0 aliphatic heterocycles. The van der Waals surface area contributed by atoms with Gasteiger partial charge in [0.2, 0.25) is 0 Å². The number of nitrogens with zero attached hydrogens (tertiary/aromatic N) is 2. The molecule has 2 heterocycles. The van der Waals surface area contributed by atoms with E-state index in [0.717, 1.165) is 11.1 Å². The van der Waals surface area contributed by atoms with Crippen LogP contribution in [0.25, 0.3) is 21.3 Å². The highest BCUT2D eigenvalue weighted by molar-refractivity contribution is 7.17. The van der Waals surface area contributed by atoms with Gasteiger partial charge in [0.25, 0.3) is 5.56 Å². The number of aryl methyl sites for hydroxylation is 1. The molecule has 1 N–H and O–H groups in total. The number of aliphatic carboxylic acids is 1. The van der Waals surface area contributed by atoms with E-state index in [4.69, 9.17) is 0 Å². The van der Waals surface area contributed by atoms with E-state index in [1.165, 1.54) is 21.5 Å². The number of benzene rings is 1. The molecular weight excluding hydrogens is 348 g/mol. The average Bonchev–Trinajstić information content (AvgIpc) is 3.02. The molecule has 1 unspecified atom stereocenters. The maximum absolute atomic E-state index is 13.2. The number of hydrogen-bond acceptors (Lipinski definition) is 4. The smallest absolute Gasteiger partial charge is 0.326 e. The Morgan fingerprint density at radius 1 is 1.27 bits per heavy atom. The molecule has 3 rings (SSSR count). The van der Waals surface area contributed by atoms with Crippen LogP contribution in [0.5, 0.6) is 0 Å². The summed E-state index contributed by atoms with van der Waals surface area (Å²) in [5.74, 6) is -0.150. The monoisotopic (exact) mass is 370 g/mol. The van der Waals surface area contributed by atoms with Gasteiger partial charge in [-0.3, -0.25) is 9.36 Å². The largest absolute Gasteiger partial charge is 0.480 e. The second-order valence-corrected chi connectivity index (χ2v) is 7.56. The molecule has 0 aliphatic carbocycles. The van der Waals surface area contributed by atoms with E-state index >= 15 is 0 Å². The van der Waals surface area contributed by atoms with Crippen molar-refractivity contribution < 1.29 is 9.90 Å². The second-order valence-electron chi connectivity index (χ2n) is 6.70. The van der Waals surface area contributed by atoms with E-state index < -0.39 is 12.0 Å². The van der Waals surface area contributed by atoms with Crippen molar-refractivity contribution in [3.63, 3.8) is 0 Å². The maximum Gasteiger partial charge on any atom is 0.326 e. The quantitative estimate of drug-likeness (QED) is 0.713. The molecule has 1 aromatic carbocycles. The Morgan fingerprint density at radius 3 is 2.46 bits per heavy atom. The van der Waals surface area contributed by atoms with Crippen molar-refractivity contribution in [2.24, 2.45) is 0 Å². The SMILES string of the molecule is CCC(C(=O)O)n1c(C)nc2scc(-c3ccc(C(C)C)cc3)c2c1=O. The van der Waals surface area contributed by atoms with E-state index in [-0.39, 0.29) is 5.56 Å². The summed E-state index contributed by atoms with van der Waals surface area (Å²) >= 11 is 1.41. The summed E-state index contributed by atoms with van der Waals surface area (Å²) < 4.78 is 1.31. The van der Waals surface area contributed by atoms with Crippen LogP contribution in [0.15, 0.2) is 34.4 Å². The number of fused-ring (bicyclic) bond motifs is 1. The molecular formula is C20H22N2O3S. The maximum atomic E-state index is 13.2. The van der Waals surface area contributed by atoms with Crippen molar-refractivity contribution in [3.05, 3.63) is 51.4 Å². The van der Waals surface area contributed by atoms with Gasteiger partial charge < -0.3 is 5.11 Å². The third-order valence-corrected chi connectivity index (χ3v) is 5.56. The molecule has 0 amide bonds. The minimum absolute atomic E-state index is 0.286. The normalized spacial score (nSPS) is 12.7. The summed E-state index contributed by atoms with van der Waals surface area (Å²) in [6, 6.07) is 7.24. The first kappa shape index (κ1) is 18.3. The van der Waals surface area contributed by atoms with Gasteiger partial charge in [0.1, 0.15) is 16.7 Å². The zero-order valence-electron chi connectivity index (χ0n) is 15.3. The van der Waals surface area contributed by atoms with Gasteiger partial charge in [-0.25, -0.2) is 9.78 Å². The summed E-state index contributed by atoms with van der Waals surface area (Å²) in [6.07, 6.45) is 0.325. The minimum Gasteiger partial charge on any atom is -0.480 e. The number of thiophene rings is 1. The predicted molar refractivity (Wildman–Crippen MR) is 105 cm³/mol. The van der Waals surface area contributed by atoms with Crippen LogP contribution in [0.3, 0.4) is 0 Å². The minimum atomic E-state index is -1.02. The summed E-state index contributed by atoms with van der Waals surface area (Å²) in [7, 11) is 0. The van der Waals surface area contributed by atoms with Crippen molar-refractivity contribution in [3.8, 4) is 11.1 Å². The Balaban J connectivity index is 2.23. The molecule has 0 fully saturated rings. The molecule has 0 saturated carbocycles. The predicted octanol–water partition coefficient (Wildman–Crippen LogP) is 4.59. The standard InChI is InChI=1S/C20H22N2O3S/c1-5-16(20(24)25)22-12(4)21-18-17(19(22)23)15(10-26-18)14-8-6-13(7-9-14)11(2)3/h6-11,16H,5H2,1-4H3,(H,24,25). The van der Waals surface area contributed by atoms with Crippen molar-refractivity contribution in [2.45, 2.75) is 46.1 Å². The van der Waals surface area contributed by atoms with Crippen LogP contribution in [0.4, 0.5) is 0 Å². The van der Waals surface area contributed by atoms with E-state index in [1.54, 1.807) is 13.8 Å². The third kappa shape index (κ3) is 3.05. The fourth-order valence-electron chi connectivity index (χ4n) is 3.20. The lowest BCUT2D eigenvalue weighted by Crippen LogP contribution is -2.32. The van der Waals surface area contributed by atoms with E-state index in [9.17, 15) is 14.7 Å². The van der Waals surface area contributed by atoms with Gasteiger partial charge in [-0.05, 0) is 30.4 Å². The summed E-state index contributed by atoms with van der Waals surface area (Å²) in [6.45, 7) is 7.71. The van der Waals surface area contributed by atoms with Gasteiger partial charge in [0.15, 0.2) is 0 Å². The Bertz CT molecular complexity index is 1020. The first-order valence-corrected chi connectivity index (χ1v) is 9.56. The van der Waals surface area contributed by atoms with Gasteiger partial charge in [-0.2, -0.15) is 0 Å². The Morgan fingerprint density at radius 2 is 1.92 bits per heavy atom. The molecule has 0 radical (unpaired) electrons. The Kier molecular flexibility index (Phi) is 4.96. The van der Waals surface area contributed by atoms with Crippen molar-refractivity contribution in [1.29, 1.82) is 0 Å². The number of aromatic nitrogens is 2. The van der Waals surface area contributed by atoms with Crippen LogP contribution < -0.4 is 5.56 Å². The van der Waals surface area contributed by atoms with Gasteiger partial charge in [0.05, 0.1) is 5.39 Å². The van der Waals surface area contributed by atoms with E-state index in [2.05, 4.69) is 31.0 Å². The zero-order chi connectivity index (χ0) is 19.0. The molecule has 0 bridgehead atoms. The lowest BCUT2D eigenvalue weighted by Gasteiger charge is -2.16. The van der Waals surface area contributed by atoms with Crippen molar-refractivity contribution >= 4 is 27.5 Å². The van der Waals surface area contributed by atoms with Crippen molar-refractivity contribution in [1.82, 2.24) is 9.55 Å². The molecule has 6 heteroatoms. The fourth-order valence-corrected chi connectivity index (χ4v) is 4.18. The number of rotatable bonds is 5. The summed E-state index contributed by atoms with van der Waals surface area (Å²) in [5, 5.41) is 11.9.